The molecule has 1 fully saturated rings. The van der Waals surface area contributed by atoms with Gasteiger partial charge in [0.2, 0.25) is 0 Å². The maximum atomic E-state index is 13.2. The number of aryl methyl sites for hydroxylation is 1. The molecule has 1 unspecified atom stereocenters. The van der Waals surface area contributed by atoms with Crippen LogP contribution in [-0.4, -0.2) is 48.1 Å². The molecule has 7 nitrogen and oxygen atoms in total. The van der Waals surface area contributed by atoms with Crippen LogP contribution in [0.25, 0.3) is 5.76 Å². The van der Waals surface area contributed by atoms with Crippen molar-refractivity contribution in [3.05, 3.63) is 101 Å². The summed E-state index contributed by atoms with van der Waals surface area (Å²) >= 11 is 0. The smallest absolute Gasteiger partial charge is 0.295 e. The van der Waals surface area contributed by atoms with Gasteiger partial charge >= 0.3 is 0 Å². The van der Waals surface area contributed by atoms with Crippen LogP contribution < -0.4 is 9.47 Å². The number of hydrogen-bond acceptors (Lipinski definition) is 6. The highest BCUT2D eigenvalue weighted by molar-refractivity contribution is 6.46. The fourth-order valence-electron chi connectivity index (χ4n) is 4.53. The molecule has 0 aliphatic carbocycles. The van der Waals surface area contributed by atoms with E-state index in [9.17, 15) is 14.7 Å². The van der Waals surface area contributed by atoms with Crippen LogP contribution >= 0.6 is 0 Å². The number of nitrogens with zero attached hydrogens (tertiary/aromatic N) is 1. The van der Waals surface area contributed by atoms with Crippen molar-refractivity contribution < 1.29 is 28.9 Å². The standard InChI is InChI=1S/C31H33NO6/c1-20(2)38-25-12-8-11-23(18-25)28-27(30(34)31(35)32(28)15-16-36-4)29(33)24-13-14-26(21(3)17-24)37-19-22-9-6-5-7-10-22/h5-14,17-18,20,28,33H,15-16,19H2,1-4H3/b29-27+. The van der Waals surface area contributed by atoms with Gasteiger partial charge in [0.05, 0.1) is 24.3 Å². The van der Waals surface area contributed by atoms with E-state index in [2.05, 4.69) is 0 Å². The number of aliphatic hydroxyl groups is 1. The first kappa shape index (κ1) is 26.9. The number of Topliss-reactive ketones (excluding diaryl/α,β-unsaturated/α-hetero) is 1. The van der Waals surface area contributed by atoms with Crippen LogP contribution in [0.1, 0.15) is 42.1 Å². The summed E-state index contributed by atoms with van der Waals surface area (Å²) in [6.45, 7) is 6.58. The molecule has 1 heterocycles. The molecule has 0 radical (unpaired) electrons. The van der Waals surface area contributed by atoms with Gasteiger partial charge in [-0.15, -0.1) is 0 Å². The maximum absolute atomic E-state index is 13.2. The predicted octanol–water partition coefficient (Wildman–Crippen LogP) is 5.43. The van der Waals surface area contributed by atoms with Crippen LogP contribution in [0.5, 0.6) is 11.5 Å². The van der Waals surface area contributed by atoms with Gasteiger partial charge in [-0.3, -0.25) is 9.59 Å². The Morgan fingerprint density at radius 3 is 2.45 bits per heavy atom. The van der Waals surface area contributed by atoms with E-state index in [1.54, 1.807) is 24.3 Å². The van der Waals surface area contributed by atoms with Gasteiger partial charge in [-0.1, -0.05) is 42.5 Å². The fraction of sp³-hybridized carbons (Fsp3) is 0.290. The SMILES string of the molecule is COCCN1C(=O)C(=O)/C(=C(/O)c2ccc(OCc3ccccc3)c(C)c2)C1c1cccc(OC(C)C)c1. The molecule has 1 N–H and O–H groups in total. The van der Waals surface area contributed by atoms with Crippen LogP contribution in [0, 0.1) is 6.92 Å². The average Bonchev–Trinajstić information content (AvgIpc) is 3.16. The molecule has 1 amide bonds. The van der Waals surface area contributed by atoms with Gasteiger partial charge in [0.15, 0.2) is 0 Å². The highest BCUT2D eigenvalue weighted by Crippen LogP contribution is 2.40. The second kappa shape index (κ2) is 12.0. The van der Waals surface area contributed by atoms with Gasteiger partial charge in [0, 0.05) is 19.2 Å². The van der Waals surface area contributed by atoms with E-state index in [4.69, 9.17) is 14.2 Å². The zero-order valence-corrected chi connectivity index (χ0v) is 22.1. The molecule has 1 aliphatic heterocycles. The monoisotopic (exact) mass is 515 g/mol. The number of carbonyl (C=O) groups excluding carboxylic acids is 2. The third-order valence-electron chi connectivity index (χ3n) is 6.31. The lowest BCUT2D eigenvalue weighted by Gasteiger charge is -2.25. The number of aliphatic hydroxyl groups excluding tert-OH is 1. The van der Waals surface area contributed by atoms with E-state index in [1.807, 2.05) is 69.3 Å². The number of hydrogen-bond donors (Lipinski definition) is 1. The van der Waals surface area contributed by atoms with E-state index in [-0.39, 0.29) is 30.6 Å². The molecule has 0 spiro atoms. The van der Waals surface area contributed by atoms with Gasteiger partial charge < -0.3 is 24.2 Å². The Morgan fingerprint density at radius 1 is 1.00 bits per heavy atom. The third-order valence-corrected chi connectivity index (χ3v) is 6.31. The number of methoxy groups -OCH3 is 1. The molecular weight excluding hydrogens is 482 g/mol. The lowest BCUT2D eigenvalue weighted by atomic mass is 9.94. The molecule has 3 aromatic carbocycles. The maximum Gasteiger partial charge on any atom is 0.295 e. The molecule has 0 saturated carbocycles. The van der Waals surface area contributed by atoms with Crippen LogP contribution in [-0.2, 0) is 20.9 Å². The Labute approximate surface area is 223 Å². The summed E-state index contributed by atoms with van der Waals surface area (Å²) in [4.78, 5) is 27.8. The number of ketones is 1. The molecule has 0 aromatic heterocycles. The highest BCUT2D eigenvalue weighted by atomic mass is 16.5. The van der Waals surface area contributed by atoms with E-state index in [0.717, 1.165) is 11.1 Å². The number of benzene rings is 3. The molecule has 7 heteroatoms. The second-order valence-electron chi connectivity index (χ2n) is 9.48. The summed E-state index contributed by atoms with van der Waals surface area (Å²) < 4.78 is 17.0. The van der Waals surface area contributed by atoms with Crippen molar-refractivity contribution in [2.45, 2.75) is 39.5 Å². The first-order chi connectivity index (χ1) is 18.3. The number of amides is 1. The number of likely N-dealkylation sites (tertiary alicyclic amines) is 1. The minimum atomic E-state index is -0.782. The summed E-state index contributed by atoms with van der Waals surface area (Å²) in [6.07, 6.45) is -0.0456. The molecular formula is C31H33NO6. The highest BCUT2D eigenvalue weighted by Gasteiger charge is 2.46. The van der Waals surface area contributed by atoms with E-state index < -0.39 is 17.7 Å². The van der Waals surface area contributed by atoms with Crippen molar-refractivity contribution in [2.24, 2.45) is 0 Å². The van der Waals surface area contributed by atoms with Crippen LogP contribution in [0.3, 0.4) is 0 Å². The first-order valence-corrected chi connectivity index (χ1v) is 12.6. The Morgan fingerprint density at radius 2 is 1.76 bits per heavy atom. The van der Waals surface area contributed by atoms with E-state index in [1.165, 1.54) is 12.0 Å². The summed E-state index contributed by atoms with van der Waals surface area (Å²) in [6, 6.07) is 21.5. The normalized spacial score (nSPS) is 16.8. The van der Waals surface area contributed by atoms with Crippen molar-refractivity contribution >= 4 is 17.4 Å². The first-order valence-electron chi connectivity index (χ1n) is 12.6. The summed E-state index contributed by atoms with van der Waals surface area (Å²) in [7, 11) is 1.53. The van der Waals surface area contributed by atoms with Gasteiger partial charge in [-0.2, -0.15) is 0 Å². The average molecular weight is 516 g/mol. The molecule has 4 rings (SSSR count). The Hall–Kier alpha value is -4.10. The van der Waals surface area contributed by atoms with Crippen molar-refractivity contribution in [1.29, 1.82) is 0 Å². The predicted molar refractivity (Wildman–Crippen MR) is 145 cm³/mol. The zero-order chi connectivity index (χ0) is 27.2. The van der Waals surface area contributed by atoms with Gasteiger partial charge in [-0.05, 0) is 67.8 Å². The lowest BCUT2D eigenvalue weighted by molar-refractivity contribution is -0.140. The van der Waals surface area contributed by atoms with Crippen LogP contribution in [0.4, 0.5) is 0 Å². The largest absolute Gasteiger partial charge is 0.507 e. The third kappa shape index (κ3) is 5.89. The minimum Gasteiger partial charge on any atom is -0.507 e. The van der Waals surface area contributed by atoms with Gasteiger partial charge in [-0.25, -0.2) is 0 Å². The number of carbonyl (C=O) groups is 2. The molecule has 1 saturated heterocycles. The number of rotatable bonds is 10. The fourth-order valence-corrected chi connectivity index (χ4v) is 4.53. The Kier molecular flexibility index (Phi) is 8.48. The minimum absolute atomic E-state index is 0.0325. The molecule has 3 aromatic rings. The van der Waals surface area contributed by atoms with Crippen LogP contribution in [0.2, 0.25) is 0 Å². The molecule has 0 bridgehead atoms. The molecule has 1 atom stereocenters. The summed E-state index contributed by atoms with van der Waals surface area (Å²) in [5, 5.41) is 11.4. The van der Waals surface area contributed by atoms with Crippen molar-refractivity contribution in [1.82, 2.24) is 4.90 Å². The lowest BCUT2D eigenvalue weighted by Crippen LogP contribution is -2.32. The zero-order valence-electron chi connectivity index (χ0n) is 22.1. The molecule has 1 aliphatic rings. The summed E-state index contributed by atoms with van der Waals surface area (Å²) in [5.41, 5.74) is 2.96. The topological polar surface area (TPSA) is 85.3 Å². The van der Waals surface area contributed by atoms with Crippen molar-refractivity contribution in [3.63, 3.8) is 0 Å². The Bertz CT molecular complexity index is 1330. The molecule has 38 heavy (non-hydrogen) atoms. The quantitative estimate of drug-likeness (QED) is 0.220. The van der Waals surface area contributed by atoms with E-state index in [0.29, 0.717) is 29.2 Å². The Balaban J connectivity index is 1.71. The summed E-state index contributed by atoms with van der Waals surface area (Å²) in [5.74, 6) is -0.364. The van der Waals surface area contributed by atoms with Crippen LogP contribution in [0.15, 0.2) is 78.4 Å². The number of ether oxygens (including phenoxy) is 3. The molecule has 198 valence electrons. The van der Waals surface area contributed by atoms with Crippen molar-refractivity contribution in [2.75, 3.05) is 20.3 Å². The van der Waals surface area contributed by atoms with E-state index >= 15 is 0 Å². The second-order valence-corrected chi connectivity index (χ2v) is 9.48. The van der Waals surface area contributed by atoms with Gasteiger partial charge in [0.25, 0.3) is 11.7 Å². The van der Waals surface area contributed by atoms with Gasteiger partial charge in [0.1, 0.15) is 23.9 Å². The van der Waals surface area contributed by atoms with Crippen molar-refractivity contribution in [3.8, 4) is 11.5 Å².